The first-order valence-electron chi connectivity index (χ1n) is 7.16. The molecule has 3 nitrogen and oxygen atoms in total. The minimum atomic E-state index is -0.218. The molecule has 0 spiro atoms. The van der Waals surface area contributed by atoms with Crippen molar-refractivity contribution in [3.05, 3.63) is 64.4 Å². The number of aromatic nitrogens is 2. The van der Waals surface area contributed by atoms with Crippen LogP contribution in [0.5, 0.6) is 0 Å². The SMILES string of the molecule is CC(C)(C)c1nc2ccccc2n1C(=O)c1ccc(Br)cc1. The van der Waals surface area contributed by atoms with Gasteiger partial charge in [-0.2, -0.15) is 0 Å². The lowest BCUT2D eigenvalue weighted by Crippen LogP contribution is -2.24. The Morgan fingerprint density at radius 1 is 1.05 bits per heavy atom. The lowest BCUT2D eigenvalue weighted by Gasteiger charge is -2.19. The maximum absolute atomic E-state index is 13.0. The molecule has 2 aromatic carbocycles. The normalized spacial score (nSPS) is 11.8. The third-order valence-electron chi connectivity index (χ3n) is 3.53. The van der Waals surface area contributed by atoms with Crippen LogP contribution in [-0.4, -0.2) is 15.5 Å². The van der Waals surface area contributed by atoms with E-state index in [0.717, 1.165) is 21.3 Å². The van der Waals surface area contributed by atoms with Crippen LogP contribution < -0.4 is 0 Å². The summed E-state index contributed by atoms with van der Waals surface area (Å²) in [6.07, 6.45) is 0. The van der Waals surface area contributed by atoms with Crippen LogP contribution in [0.25, 0.3) is 11.0 Å². The highest BCUT2D eigenvalue weighted by molar-refractivity contribution is 9.10. The van der Waals surface area contributed by atoms with Gasteiger partial charge in [-0.3, -0.25) is 9.36 Å². The summed E-state index contributed by atoms with van der Waals surface area (Å²) in [6, 6.07) is 15.2. The smallest absolute Gasteiger partial charge is 0.263 e. The molecule has 0 amide bonds. The van der Waals surface area contributed by atoms with E-state index in [4.69, 9.17) is 0 Å². The van der Waals surface area contributed by atoms with E-state index in [0.29, 0.717) is 5.56 Å². The summed E-state index contributed by atoms with van der Waals surface area (Å²) in [4.78, 5) is 17.7. The van der Waals surface area contributed by atoms with Crippen molar-refractivity contribution in [1.29, 1.82) is 0 Å². The Hall–Kier alpha value is -1.94. The first-order valence-corrected chi connectivity index (χ1v) is 7.95. The maximum Gasteiger partial charge on any atom is 0.263 e. The van der Waals surface area contributed by atoms with Crippen molar-refractivity contribution in [3.8, 4) is 0 Å². The molecule has 0 radical (unpaired) electrons. The van der Waals surface area contributed by atoms with E-state index in [-0.39, 0.29) is 11.3 Å². The molecule has 3 aromatic rings. The van der Waals surface area contributed by atoms with Crippen molar-refractivity contribution in [2.45, 2.75) is 26.2 Å². The second-order valence-electron chi connectivity index (χ2n) is 6.32. The summed E-state index contributed by atoms with van der Waals surface area (Å²) in [5, 5.41) is 0. The van der Waals surface area contributed by atoms with Gasteiger partial charge in [-0.15, -0.1) is 0 Å². The predicted molar refractivity (Wildman–Crippen MR) is 92.3 cm³/mol. The van der Waals surface area contributed by atoms with E-state index in [9.17, 15) is 4.79 Å². The number of hydrogen-bond donors (Lipinski definition) is 0. The average Bonchev–Trinajstić information content (AvgIpc) is 2.87. The molecule has 0 unspecified atom stereocenters. The van der Waals surface area contributed by atoms with Crippen LogP contribution in [0.4, 0.5) is 0 Å². The molecule has 0 aliphatic heterocycles. The summed E-state index contributed by atoms with van der Waals surface area (Å²) >= 11 is 3.40. The summed E-state index contributed by atoms with van der Waals surface area (Å²) in [5.74, 6) is 0.729. The molecule has 0 bridgehead atoms. The number of nitrogens with zero attached hydrogens (tertiary/aromatic N) is 2. The Kier molecular flexibility index (Phi) is 3.65. The van der Waals surface area contributed by atoms with Crippen molar-refractivity contribution in [1.82, 2.24) is 9.55 Å². The number of carbonyl (C=O) groups is 1. The Morgan fingerprint density at radius 2 is 1.68 bits per heavy atom. The quantitative estimate of drug-likeness (QED) is 0.628. The molecule has 1 aromatic heterocycles. The summed E-state index contributed by atoms with van der Waals surface area (Å²) in [6.45, 7) is 6.21. The Morgan fingerprint density at radius 3 is 2.32 bits per heavy atom. The van der Waals surface area contributed by atoms with Crippen molar-refractivity contribution in [3.63, 3.8) is 0 Å². The zero-order valence-electron chi connectivity index (χ0n) is 12.8. The molecule has 1 heterocycles. The molecule has 0 N–H and O–H groups in total. The van der Waals surface area contributed by atoms with Crippen LogP contribution >= 0.6 is 15.9 Å². The Bertz CT molecular complexity index is 842. The summed E-state index contributed by atoms with van der Waals surface area (Å²) in [5.41, 5.74) is 2.12. The van der Waals surface area contributed by atoms with Crippen molar-refractivity contribution < 1.29 is 4.79 Å². The molecule has 0 aliphatic rings. The highest BCUT2D eigenvalue weighted by Gasteiger charge is 2.26. The number of benzene rings is 2. The number of hydrogen-bond acceptors (Lipinski definition) is 2. The van der Waals surface area contributed by atoms with Gasteiger partial charge in [0.25, 0.3) is 5.91 Å². The average molecular weight is 357 g/mol. The van der Waals surface area contributed by atoms with Gasteiger partial charge in [0.2, 0.25) is 0 Å². The molecule has 0 aliphatic carbocycles. The second-order valence-corrected chi connectivity index (χ2v) is 7.24. The van der Waals surface area contributed by atoms with E-state index >= 15 is 0 Å². The van der Waals surface area contributed by atoms with Gasteiger partial charge >= 0.3 is 0 Å². The molecule has 0 atom stereocenters. The molecule has 0 fully saturated rings. The minimum Gasteiger partial charge on any atom is -0.268 e. The standard InChI is InChI=1S/C18H17BrN2O/c1-18(2,3)17-20-14-6-4-5-7-15(14)21(17)16(22)12-8-10-13(19)11-9-12/h4-11H,1-3H3. The van der Waals surface area contributed by atoms with E-state index < -0.39 is 0 Å². The van der Waals surface area contributed by atoms with Crippen LogP contribution in [-0.2, 0) is 5.41 Å². The monoisotopic (exact) mass is 356 g/mol. The fourth-order valence-electron chi connectivity index (χ4n) is 2.46. The molecule has 4 heteroatoms. The topological polar surface area (TPSA) is 34.9 Å². The van der Waals surface area contributed by atoms with Gasteiger partial charge < -0.3 is 0 Å². The van der Waals surface area contributed by atoms with Gasteiger partial charge in [-0.1, -0.05) is 48.8 Å². The third kappa shape index (κ3) is 2.59. The minimum absolute atomic E-state index is 0.0499. The predicted octanol–water partition coefficient (Wildman–Crippen LogP) is 4.78. The van der Waals surface area contributed by atoms with Crippen LogP contribution in [0, 0.1) is 0 Å². The van der Waals surface area contributed by atoms with Crippen LogP contribution in [0.3, 0.4) is 0 Å². The fraction of sp³-hybridized carbons (Fsp3) is 0.222. The zero-order valence-corrected chi connectivity index (χ0v) is 14.4. The van der Waals surface area contributed by atoms with Gasteiger partial charge in [-0.05, 0) is 36.4 Å². The van der Waals surface area contributed by atoms with Gasteiger partial charge in [0.15, 0.2) is 0 Å². The molecular weight excluding hydrogens is 340 g/mol. The van der Waals surface area contributed by atoms with Gasteiger partial charge in [-0.25, -0.2) is 4.98 Å². The van der Waals surface area contributed by atoms with E-state index in [1.54, 1.807) is 4.57 Å². The zero-order chi connectivity index (χ0) is 15.9. The molecule has 3 rings (SSSR count). The van der Waals surface area contributed by atoms with Crippen molar-refractivity contribution in [2.24, 2.45) is 0 Å². The molecule has 0 saturated carbocycles. The highest BCUT2D eigenvalue weighted by atomic mass is 79.9. The molecular formula is C18H17BrN2O. The Labute approximate surface area is 138 Å². The van der Waals surface area contributed by atoms with Crippen LogP contribution in [0.1, 0.15) is 37.0 Å². The van der Waals surface area contributed by atoms with E-state index in [1.807, 2.05) is 48.5 Å². The van der Waals surface area contributed by atoms with Crippen molar-refractivity contribution >= 4 is 32.9 Å². The molecule has 0 saturated heterocycles. The lowest BCUT2D eigenvalue weighted by atomic mass is 9.95. The van der Waals surface area contributed by atoms with Crippen LogP contribution in [0.15, 0.2) is 53.0 Å². The first kappa shape index (κ1) is 15.0. The lowest BCUT2D eigenvalue weighted by molar-refractivity contribution is 0.0957. The number of para-hydroxylation sites is 2. The highest BCUT2D eigenvalue weighted by Crippen LogP contribution is 2.27. The van der Waals surface area contributed by atoms with E-state index in [1.165, 1.54) is 0 Å². The second kappa shape index (κ2) is 5.36. The van der Waals surface area contributed by atoms with Gasteiger partial charge in [0.05, 0.1) is 11.0 Å². The summed E-state index contributed by atoms with van der Waals surface area (Å²) < 4.78 is 2.69. The number of fused-ring (bicyclic) bond motifs is 1. The fourth-order valence-corrected chi connectivity index (χ4v) is 2.72. The Balaban J connectivity index is 2.24. The van der Waals surface area contributed by atoms with Crippen LogP contribution in [0.2, 0.25) is 0 Å². The molecule has 22 heavy (non-hydrogen) atoms. The largest absolute Gasteiger partial charge is 0.268 e. The van der Waals surface area contributed by atoms with Crippen molar-refractivity contribution in [2.75, 3.05) is 0 Å². The first-order chi connectivity index (χ1) is 10.4. The molecule has 112 valence electrons. The van der Waals surface area contributed by atoms with Gasteiger partial charge in [0, 0.05) is 15.5 Å². The van der Waals surface area contributed by atoms with Gasteiger partial charge in [0.1, 0.15) is 5.82 Å². The third-order valence-corrected chi connectivity index (χ3v) is 4.05. The van der Waals surface area contributed by atoms with E-state index in [2.05, 4.69) is 41.7 Å². The number of halogens is 1. The maximum atomic E-state index is 13.0. The number of carbonyl (C=O) groups excluding carboxylic acids is 1. The number of rotatable bonds is 1. The summed E-state index contributed by atoms with van der Waals surface area (Å²) in [7, 11) is 0. The number of imidazole rings is 1.